The third-order valence-corrected chi connectivity index (χ3v) is 3.93. The summed E-state index contributed by atoms with van der Waals surface area (Å²) < 4.78 is 59.2. The van der Waals surface area contributed by atoms with Crippen LogP contribution in [0.1, 0.15) is 6.92 Å². The van der Waals surface area contributed by atoms with E-state index in [4.69, 9.17) is 0 Å². The zero-order chi connectivity index (χ0) is 14.8. The molecule has 8 heteroatoms. The molecular weight excluding hydrogens is 283 g/mol. The molecule has 19 heavy (non-hydrogen) atoms. The van der Waals surface area contributed by atoms with Crippen LogP contribution in [0.5, 0.6) is 0 Å². The molecule has 108 valence electrons. The lowest BCUT2D eigenvalue weighted by atomic mass is 10.3. The van der Waals surface area contributed by atoms with Gasteiger partial charge in [-0.25, -0.2) is 8.42 Å². The van der Waals surface area contributed by atoms with Gasteiger partial charge in [-0.15, -0.1) is 0 Å². The van der Waals surface area contributed by atoms with Crippen LogP contribution in [-0.4, -0.2) is 38.7 Å². The minimum atomic E-state index is -5.31. The lowest BCUT2D eigenvalue weighted by molar-refractivity contribution is -0.0436. The number of nitrogens with zero attached hydrogens (tertiary/aromatic N) is 1. The maximum atomic E-state index is 12.3. The number of likely N-dealkylation sites (N-methyl/N-ethyl adjacent to an activating group) is 1. The first-order valence-corrected chi connectivity index (χ1v) is 6.84. The molecule has 0 aliphatic carbocycles. The highest BCUT2D eigenvalue weighted by molar-refractivity contribution is 7.92. The number of anilines is 1. The van der Waals surface area contributed by atoms with Gasteiger partial charge in [0.05, 0.1) is 11.0 Å². The van der Waals surface area contributed by atoms with E-state index in [-0.39, 0.29) is 6.54 Å². The monoisotopic (exact) mass is 297 g/mol. The SMILES string of the molecule is CC(O)CN(C)c1ccc(S(=O)(=O)C(F)(F)F)cc1. The van der Waals surface area contributed by atoms with E-state index in [9.17, 15) is 26.7 Å². The molecule has 0 saturated carbocycles. The molecule has 0 aliphatic rings. The Morgan fingerprint density at radius 3 is 2.11 bits per heavy atom. The van der Waals surface area contributed by atoms with E-state index < -0.39 is 26.3 Å². The standard InChI is InChI=1S/C11H14F3NO3S/c1-8(16)7-15(2)9-3-5-10(6-4-9)19(17,18)11(12,13)14/h3-6,8,16H,7H2,1-2H3. The molecule has 1 N–H and O–H groups in total. The minimum absolute atomic E-state index is 0.283. The quantitative estimate of drug-likeness (QED) is 0.920. The molecule has 1 aromatic carbocycles. The van der Waals surface area contributed by atoms with E-state index in [0.717, 1.165) is 12.1 Å². The number of sulfone groups is 1. The minimum Gasteiger partial charge on any atom is -0.392 e. The third kappa shape index (κ3) is 3.60. The van der Waals surface area contributed by atoms with Gasteiger partial charge < -0.3 is 10.0 Å². The van der Waals surface area contributed by atoms with Crippen molar-refractivity contribution in [2.75, 3.05) is 18.5 Å². The van der Waals surface area contributed by atoms with Gasteiger partial charge in [0.15, 0.2) is 0 Å². The molecular formula is C11H14F3NO3S. The van der Waals surface area contributed by atoms with Crippen LogP contribution in [-0.2, 0) is 9.84 Å². The van der Waals surface area contributed by atoms with E-state index >= 15 is 0 Å². The van der Waals surface area contributed by atoms with Crippen molar-refractivity contribution in [3.63, 3.8) is 0 Å². The van der Waals surface area contributed by atoms with Crippen LogP contribution in [0.25, 0.3) is 0 Å². The highest BCUT2D eigenvalue weighted by Gasteiger charge is 2.46. The highest BCUT2D eigenvalue weighted by Crippen LogP contribution is 2.30. The Bertz CT molecular complexity index is 523. The first kappa shape index (κ1) is 15.8. The summed E-state index contributed by atoms with van der Waals surface area (Å²) in [5.74, 6) is 0. The Labute approximate surface area is 109 Å². The van der Waals surface area contributed by atoms with Crippen molar-refractivity contribution in [2.45, 2.75) is 23.4 Å². The predicted octanol–water partition coefficient (Wildman–Crippen LogP) is 1.80. The Kier molecular flexibility index (Phi) is 4.46. The number of halogens is 3. The van der Waals surface area contributed by atoms with Gasteiger partial charge in [0.25, 0.3) is 9.84 Å². The van der Waals surface area contributed by atoms with Crippen molar-refractivity contribution in [2.24, 2.45) is 0 Å². The maximum absolute atomic E-state index is 12.3. The van der Waals surface area contributed by atoms with Gasteiger partial charge in [-0.05, 0) is 31.2 Å². The summed E-state index contributed by atoms with van der Waals surface area (Å²) in [6, 6.07) is 4.33. The van der Waals surface area contributed by atoms with E-state index in [1.807, 2.05) is 0 Å². The third-order valence-electron chi connectivity index (χ3n) is 2.43. The summed E-state index contributed by atoms with van der Waals surface area (Å²) in [7, 11) is -3.67. The van der Waals surface area contributed by atoms with Gasteiger partial charge in [0.2, 0.25) is 0 Å². The lowest BCUT2D eigenvalue weighted by Gasteiger charge is -2.21. The first-order chi connectivity index (χ1) is 8.55. The maximum Gasteiger partial charge on any atom is 0.501 e. The van der Waals surface area contributed by atoms with Crippen molar-refractivity contribution >= 4 is 15.5 Å². The van der Waals surface area contributed by atoms with Crippen molar-refractivity contribution in [3.8, 4) is 0 Å². The number of aliphatic hydroxyl groups is 1. The summed E-state index contributed by atoms with van der Waals surface area (Å²) in [5.41, 5.74) is -4.79. The predicted molar refractivity (Wildman–Crippen MR) is 64.6 cm³/mol. The van der Waals surface area contributed by atoms with E-state index in [1.54, 1.807) is 18.9 Å². The second-order valence-electron chi connectivity index (χ2n) is 4.17. The van der Waals surface area contributed by atoms with Gasteiger partial charge in [-0.2, -0.15) is 13.2 Å². The zero-order valence-electron chi connectivity index (χ0n) is 10.3. The van der Waals surface area contributed by atoms with E-state index in [2.05, 4.69) is 0 Å². The molecule has 0 aliphatic heterocycles. The van der Waals surface area contributed by atoms with Crippen LogP contribution in [0.15, 0.2) is 29.2 Å². The number of aliphatic hydroxyl groups excluding tert-OH is 1. The summed E-state index contributed by atoms with van der Waals surface area (Å²) in [6.07, 6.45) is -0.608. The molecule has 0 spiro atoms. The average molecular weight is 297 g/mol. The number of benzene rings is 1. The molecule has 0 aromatic heterocycles. The molecule has 0 radical (unpaired) electrons. The van der Waals surface area contributed by atoms with Crippen LogP contribution in [0.3, 0.4) is 0 Å². The fourth-order valence-electron chi connectivity index (χ4n) is 1.52. The Morgan fingerprint density at radius 1 is 1.26 bits per heavy atom. The van der Waals surface area contributed by atoms with E-state index in [0.29, 0.717) is 5.69 Å². The fraction of sp³-hybridized carbons (Fsp3) is 0.455. The zero-order valence-corrected chi connectivity index (χ0v) is 11.2. The van der Waals surface area contributed by atoms with Gasteiger partial charge in [-0.3, -0.25) is 0 Å². The molecule has 0 heterocycles. The van der Waals surface area contributed by atoms with Crippen LogP contribution in [0.4, 0.5) is 18.9 Å². The summed E-state index contributed by atoms with van der Waals surface area (Å²) in [5, 5.41) is 9.19. The molecule has 1 atom stereocenters. The van der Waals surface area contributed by atoms with Crippen molar-refractivity contribution in [3.05, 3.63) is 24.3 Å². The molecule has 1 rings (SSSR count). The van der Waals surface area contributed by atoms with Gasteiger partial charge >= 0.3 is 5.51 Å². The van der Waals surface area contributed by atoms with Crippen molar-refractivity contribution in [1.82, 2.24) is 0 Å². The van der Waals surface area contributed by atoms with Crippen LogP contribution in [0, 0.1) is 0 Å². The molecule has 1 aromatic rings. The molecule has 4 nitrogen and oxygen atoms in total. The smallest absolute Gasteiger partial charge is 0.392 e. The summed E-state index contributed by atoms with van der Waals surface area (Å²) >= 11 is 0. The second-order valence-corrected chi connectivity index (χ2v) is 6.11. The molecule has 0 bridgehead atoms. The van der Waals surface area contributed by atoms with Crippen molar-refractivity contribution in [1.29, 1.82) is 0 Å². The van der Waals surface area contributed by atoms with Gasteiger partial charge in [-0.1, -0.05) is 0 Å². The largest absolute Gasteiger partial charge is 0.501 e. The number of rotatable bonds is 4. The van der Waals surface area contributed by atoms with Gasteiger partial charge in [0, 0.05) is 19.3 Å². The van der Waals surface area contributed by atoms with Crippen LogP contribution < -0.4 is 4.90 Å². The number of hydrogen-bond donors (Lipinski definition) is 1. The Morgan fingerprint density at radius 2 is 1.74 bits per heavy atom. The summed E-state index contributed by atoms with van der Waals surface area (Å²) in [6.45, 7) is 1.85. The van der Waals surface area contributed by atoms with Crippen LogP contribution in [0.2, 0.25) is 0 Å². The topological polar surface area (TPSA) is 57.6 Å². The van der Waals surface area contributed by atoms with E-state index in [1.165, 1.54) is 12.1 Å². The molecule has 0 amide bonds. The van der Waals surface area contributed by atoms with Crippen LogP contribution >= 0.6 is 0 Å². The first-order valence-electron chi connectivity index (χ1n) is 5.36. The normalized spacial score (nSPS) is 14.2. The highest BCUT2D eigenvalue weighted by atomic mass is 32.2. The molecule has 1 unspecified atom stereocenters. The number of hydrogen-bond acceptors (Lipinski definition) is 4. The Hall–Kier alpha value is -1.28. The summed E-state index contributed by atoms with van der Waals surface area (Å²) in [4.78, 5) is 0.809. The lowest BCUT2D eigenvalue weighted by Crippen LogP contribution is -2.27. The fourth-order valence-corrected chi connectivity index (χ4v) is 2.28. The van der Waals surface area contributed by atoms with Crippen molar-refractivity contribution < 1.29 is 26.7 Å². The number of alkyl halides is 3. The van der Waals surface area contributed by atoms with Gasteiger partial charge in [0.1, 0.15) is 0 Å². The Balaban J connectivity index is 3.01. The average Bonchev–Trinajstić information content (AvgIpc) is 2.26. The second kappa shape index (κ2) is 5.38. The molecule has 0 saturated heterocycles. The molecule has 0 fully saturated rings.